The summed E-state index contributed by atoms with van der Waals surface area (Å²) in [5.74, 6) is -0.440. The fourth-order valence-corrected chi connectivity index (χ4v) is 4.75. The van der Waals surface area contributed by atoms with Crippen molar-refractivity contribution in [2.45, 2.75) is 17.9 Å². The number of nitrogens with zero attached hydrogens (tertiary/aromatic N) is 1. The molecule has 0 aliphatic carbocycles. The highest BCUT2D eigenvalue weighted by Crippen LogP contribution is 2.22. The van der Waals surface area contributed by atoms with Crippen molar-refractivity contribution in [3.63, 3.8) is 0 Å². The number of hydrogen-bond acceptors (Lipinski definition) is 3. The lowest BCUT2D eigenvalue weighted by molar-refractivity contribution is -0.128. The number of halogens is 1. The molecular weight excluding hydrogens is 391 g/mol. The molecule has 1 atom stereocenters. The Morgan fingerprint density at radius 1 is 1.00 bits per heavy atom. The van der Waals surface area contributed by atoms with Crippen molar-refractivity contribution in [1.82, 2.24) is 9.62 Å². The number of sulfonamides is 1. The van der Waals surface area contributed by atoms with E-state index in [1.807, 2.05) is 24.3 Å². The second-order valence-electron chi connectivity index (χ2n) is 7.33. The summed E-state index contributed by atoms with van der Waals surface area (Å²) in [5.41, 5.74) is 0.845. The Morgan fingerprint density at radius 3 is 2.48 bits per heavy atom. The molecule has 29 heavy (non-hydrogen) atoms. The third-order valence-corrected chi connectivity index (χ3v) is 6.60. The molecule has 1 N–H and O–H groups in total. The van der Waals surface area contributed by atoms with E-state index in [4.69, 9.17) is 0 Å². The van der Waals surface area contributed by atoms with Gasteiger partial charge in [0.15, 0.2) is 0 Å². The van der Waals surface area contributed by atoms with Crippen molar-refractivity contribution in [2.24, 2.45) is 5.92 Å². The molecule has 1 fully saturated rings. The van der Waals surface area contributed by atoms with Crippen LogP contribution in [0.1, 0.15) is 12.0 Å². The smallest absolute Gasteiger partial charge is 0.240 e. The lowest BCUT2D eigenvalue weighted by Gasteiger charge is -2.17. The molecular formula is C22H21FN2O3S. The number of rotatable bonds is 6. The Labute approximate surface area is 169 Å². The van der Waals surface area contributed by atoms with Gasteiger partial charge in [0.2, 0.25) is 15.9 Å². The fraction of sp³-hybridized carbons (Fsp3) is 0.227. The second-order valence-corrected chi connectivity index (χ2v) is 9.10. The SMILES string of the molecule is O=C1CC(CNS(=O)(=O)c2ccc3ccccc3c2)CN1Cc1ccc(F)cc1. The maximum Gasteiger partial charge on any atom is 0.240 e. The van der Waals surface area contributed by atoms with Gasteiger partial charge in [0.25, 0.3) is 0 Å². The van der Waals surface area contributed by atoms with E-state index in [-0.39, 0.29) is 29.1 Å². The summed E-state index contributed by atoms with van der Waals surface area (Å²) in [4.78, 5) is 14.2. The first-order chi connectivity index (χ1) is 13.9. The lowest BCUT2D eigenvalue weighted by atomic mass is 10.1. The normalized spacial score (nSPS) is 17.2. The van der Waals surface area contributed by atoms with Crippen molar-refractivity contribution >= 4 is 26.7 Å². The molecule has 3 aromatic rings. The van der Waals surface area contributed by atoms with Crippen LogP contribution in [0, 0.1) is 11.7 Å². The molecule has 1 aliphatic heterocycles. The molecule has 3 aromatic carbocycles. The van der Waals surface area contributed by atoms with Crippen LogP contribution in [0.25, 0.3) is 10.8 Å². The minimum Gasteiger partial charge on any atom is -0.338 e. The molecule has 0 radical (unpaired) electrons. The van der Waals surface area contributed by atoms with Crippen LogP contribution in [0.2, 0.25) is 0 Å². The molecule has 7 heteroatoms. The quantitative estimate of drug-likeness (QED) is 0.676. The Kier molecular flexibility index (Phi) is 5.34. The highest BCUT2D eigenvalue weighted by molar-refractivity contribution is 7.89. The van der Waals surface area contributed by atoms with Crippen LogP contribution in [-0.4, -0.2) is 32.3 Å². The lowest BCUT2D eigenvalue weighted by Crippen LogP contribution is -2.31. The van der Waals surface area contributed by atoms with Gasteiger partial charge in [0, 0.05) is 26.1 Å². The number of likely N-dealkylation sites (tertiary alicyclic amines) is 1. The summed E-state index contributed by atoms with van der Waals surface area (Å²) in [6.45, 7) is 1.06. The highest BCUT2D eigenvalue weighted by atomic mass is 32.2. The first-order valence-electron chi connectivity index (χ1n) is 9.41. The van der Waals surface area contributed by atoms with Gasteiger partial charge >= 0.3 is 0 Å². The molecule has 1 saturated heterocycles. The van der Waals surface area contributed by atoms with Crippen molar-refractivity contribution in [3.8, 4) is 0 Å². The predicted molar refractivity (Wildman–Crippen MR) is 109 cm³/mol. The van der Waals surface area contributed by atoms with Gasteiger partial charge in [-0.05, 0) is 46.5 Å². The van der Waals surface area contributed by atoms with E-state index < -0.39 is 10.0 Å². The molecule has 0 bridgehead atoms. The number of benzene rings is 3. The molecule has 0 saturated carbocycles. The minimum atomic E-state index is -3.66. The Bertz CT molecular complexity index is 1150. The van der Waals surface area contributed by atoms with Gasteiger partial charge in [-0.25, -0.2) is 17.5 Å². The average molecular weight is 412 g/mol. The Hall–Kier alpha value is -2.77. The zero-order valence-corrected chi connectivity index (χ0v) is 16.5. The molecule has 1 aliphatic rings. The van der Waals surface area contributed by atoms with Crippen LogP contribution < -0.4 is 4.72 Å². The van der Waals surface area contributed by atoms with Gasteiger partial charge in [-0.1, -0.05) is 42.5 Å². The van der Waals surface area contributed by atoms with Gasteiger partial charge in [-0.2, -0.15) is 0 Å². The number of amides is 1. The molecule has 5 nitrogen and oxygen atoms in total. The predicted octanol–water partition coefficient (Wildman–Crippen LogP) is 3.31. The van der Waals surface area contributed by atoms with Crippen LogP contribution in [0.5, 0.6) is 0 Å². The van der Waals surface area contributed by atoms with Gasteiger partial charge in [-0.3, -0.25) is 4.79 Å². The van der Waals surface area contributed by atoms with Gasteiger partial charge < -0.3 is 4.90 Å². The van der Waals surface area contributed by atoms with E-state index in [1.54, 1.807) is 35.2 Å². The average Bonchev–Trinajstić information content (AvgIpc) is 3.07. The summed E-state index contributed by atoms with van der Waals surface area (Å²) >= 11 is 0. The van der Waals surface area contributed by atoms with Crippen LogP contribution in [0.15, 0.2) is 71.6 Å². The molecule has 0 aromatic heterocycles. The molecule has 0 spiro atoms. The third kappa shape index (κ3) is 4.46. The van der Waals surface area contributed by atoms with Gasteiger partial charge in [-0.15, -0.1) is 0 Å². The van der Waals surface area contributed by atoms with Crippen LogP contribution in [-0.2, 0) is 21.4 Å². The number of hydrogen-bond donors (Lipinski definition) is 1. The summed E-state index contributed by atoms with van der Waals surface area (Å²) < 4.78 is 41.0. The minimum absolute atomic E-state index is 0.0239. The first kappa shape index (κ1) is 19.5. The topological polar surface area (TPSA) is 66.5 Å². The molecule has 150 valence electrons. The molecule has 1 heterocycles. The van der Waals surface area contributed by atoms with E-state index in [9.17, 15) is 17.6 Å². The van der Waals surface area contributed by atoms with E-state index in [2.05, 4.69) is 4.72 Å². The van der Waals surface area contributed by atoms with Gasteiger partial charge in [0.1, 0.15) is 5.82 Å². The third-order valence-electron chi connectivity index (χ3n) is 5.17. The number of carbonyl (C=O) groups is 1. The number of nitrogens with one attached hydrogen (secondary N) is 1. The Balaban J connectivity index is 1.39. The zero-order valence-electron chi connectivity index (χ0n) is 15.7. The maximum atomic E-state index is 13.0. The first-order valence-corrected chi connectivity index (χ1v) is 10.9. The zero-order chi connectivity index (χ0) is 20.4. The van der Waals surface area contributed by atoms with Crippen LogP contribution in [0.4, 0.5) is 4.39 Å². The Morgan fingerprint density at radius 2 is 1.72 bits per heavy atom. The molecule has 1 amide bonds. The van der Waals surface area contributed by atoms with Gasteiger partial charge in [0.05, 0.1) is 4.90 Å². The van der Waals surface area contributed by atoms with E-state index in [1.165, 1.54) is 12.1 Å². The molecule has 4 rings (SSSR count). The van der Waals surface area contributed by atoms with Crippen molar-refractivity contribution in [2.75, 3.05) is 13.1 Å². The highest BCUT2D eigenvalue weighted by Gasteiger charge is 2.30. The maximum absolute atomic E-state index is 13.0. The summed E-state index contributed by atoms with van der Waals surface area (Å²) in [7, 11) is -3.66. The van der Waals surface area contributed by atoms with Crippen molar-refractivity contribution in [3.05, 3.63) is 78.1 Å². The summed E-state index contributed by atoms with van der Waals surface area (Å²) in [6.07, 6.45) is 0.293. The van der Waals surface area contributed by atoms with Crippen molar-refractivity contribution in [1.29, 1.82) is 0 Å². The molecule has 1 unspecified atom stereocenters. The standard InChI is InChI=1S/C22H21FN2O3S/c23-20-8-5-16(6-9-20)14-25-15-17(11-22(25)26)13-24-29(27,28)21-10-7-18-3-1-2-4-19(18)12-21/h1-10,12,17,24H,11,13-15H2. The van der Waals surface area contributed by atoms with E-state index in [0.29, 0.717) is 19.5 Å². The van der Waals surface area contributed by atoms with E-state index >= 15 is 0 Å². The summed E-state index contributed by atoms with van der Waals surface area (Å²) in [5, 5.41) is 1.83. The fourth-order valence-electron chi connectivity index (χ4n) is 3.60. The van der Waals surface area contributed by atoms with E-state index in [0.717, 1.165) is 16.3 Å². The summed E-state index contributed by atoms with van der Waals surface area (Å²) in [6, 6.07) is 18.6. The van der Waals surface area contributed by atoms with Crippen molar-refractivity contribution < 1.29 is 17.6 Å². The number of carbonyl (C=O) groups excluding carboxylic acids is 1. The van der Waals surface area contributed by atoms with Crippen LogP contribution >= 0.6 is 0 Å². The monoisotopic (exact) mass is 412 g/mol. The largest absolute Gasteiger partial charge is 0.338 e. The van der Waals surface area contributed by atoms with Crippen LogP contribution in [0.3, 0.4) is 0 Å². The number of fused-ring (bicyclic) bond motifs is 1. The second kappa shape index (κ2) is 7.93.